The number of nitrogens with two attached hydrogens (primary N) is 1. The summed E-state index contributed by atoms with van der Waals surface area (Å²) < 4.78 is 25.9. The largest absolute Gasteiger partial charge is 0.345 e. The van der Waals surface area contributed by atoms with E-state index >= 15 is 0 Å². The molecule has 2 N–H and O–H groups in total. The molecule has 1 aliphatic rings. The molecule has 5 heteroatoms. The molecule has 0 heterocycles. The maximum absolute atomic E-state index is 13.0. The van der Waals surface area contributed by atoms with Crippen LogP contribution in [0.15, 0.2) is 0 Å². The second-order valence-electron chi connectivity index (χ2n) is 5.19. The van der Waals surface area contributed by atoms with Gasteiger partial charge in [-0.3, -0.25) is 4.79 Å². The first kappa shape index (κ1) is 14.4. The maximum atomic E-state index is 13.0. The predicted octanol–water partition coefficient (Wildman–Crippen LogP) is 1.87. The average molecular weight is 248 g/mol. The second kappa shape index (κ2) is 5.76. The van der Waals surface area contributed by atoms with Crippen molar-refractivity contribution in [1.29, 1.82) is 0 Å². The summed E-state index contributed by atoms with van der Waals surface area (Å²) in [4.78, 5) is 13.6. The van der Waals surface area contributed by atoms with Crippen LogP contribution in [-0.4, -0.2) is 36.9 Å². The molecule has 0 radical (unpaired) electrons. The number of carbonyl (C=O) groups is 1. The Balaban J connectivity index is 2.43. The highest BCUT2D eigenvalue weighted by molar-refractivity contribution is 5.78. The van der Waals surface area contributed by atoms with Gasteiger partial charge in [-0.15, -0.1) is 0 Å². The SMILES string of the molecule is CC(CN)CN(C)C(=O)C1CCC(F)(F)CC1. The van der Waals surface area contributed by atoms with Gasteiger partial charge >= 0.3 is 0 Å². The van der Waals surface area contributed by atoms with Gasteiger partial charge in [0.2, 0.25) is 11.8 Å². The van der Waals surface area contributed by atoms with E-state index in [9.17, 15) is 13.6 Å². The number of alkyl halides is 2. The van der Waals surface area contributed by atoms with Crippen LogP contribution in [0.4, 0.5) is 8.78 Å². The van der Waals surface area contributed by atoms with Crippen molar-refractivity contribution in [2.24, 2.45) is 17.6 Å². The third-order valence-corrected chi connectivity index (χ3v) is 3.43. The number of hydrogen-bond acceptors (Lipinski definition) is 2. The zero-order valence-electron chi connectivity index (χ0n) is 10.6. The molecule has 0 aromatic carbocycles. The predicted molar refractivity (Wildman–Crippen MR) is 62.8 cm³/mol. The molecule has 3 nitrogen and oxygen atoms in total. The van der Waals surface area contributed by atoms with Crippen molar-refractivity contribution in [3.8, 4) is 0 Å². The van der Waals surface area contributed by atoms with Gasteiger partial charge in [0.25, 0.3) is 0 Å². The van der Waals surface area contributed by atoms with E-state index in [-0.39, 0.29) is 30.6 Å². The highest BCUT2D eigenvalue weighted by Gasteiger charge is 2.38. The Morgan fingerprint density at radius 2 is 2.00 bits per heavy atom. The standard InChI is InChI=1S/C12H22F2N2O/c1-9(7-15)8-16(2)11(17)10-3-5-12(13,14)6-4-10/h9-10H,3-8,15H2,1-2H3. The van der Waals surface area contributed by atoms with Crippen LogP contribution in [0.3, 0.4) is 0 Å². The van der Waals surface area contributed by atoms with Crippen LogP contribution in [0, 0.1) is 11.8 Å². The zero-order valence-corrected chi connectivity index (χ0v) is 10.6. The van der Waals surface area contributed by atoms with Crippen LogP contribution in [0.2, 0.25) is 0 Å². The monoisotopic (exact) mass is 248 g/mol. The molecule has 1 saturated carbocycles. The average Bonchev–Trinajstić information content (AvgIpc) is 2.27. The van der Waals surface area contributed by atoms with Gasteiger partial charge in [0.05, 0.1) is 0 Å². The van der Waals surface area contributed by atoms with Gasteiger partial charge in [0, 0.05) is 32.4 Å². The molecule has 1 fully saturated rings. The van der Waals surface area contributed by atoms with E-state index in [1.54, 1.807) is 11.9 Å². The van der Waals surface area contributed by atoms with Crippen LogP contribution in [-0.2, 0) is 4.79 Å². The van der Waals surface area contributed by atoms with Gasteiger partial charge in [0.15, 0.2) is 0 Å². The quantitative estimate of drug-likeness (QED) is 0.825. The van der Waals surface area contributed by atoms with E-state index in [0.717, 1.165) is 0 Å². The van der Waals surface area contributed by atoms with Gasteiger partial charge in [-0.05, 0) is 25.3 Å². The number of hydrogen-bond donors (Lipinski definition) is 1. The second-order valence-corrected chi connectivity index (χ2v) is 5.19. The van der Waals surface area contributed by atoms with E-state index in [1.165, 1.54) is 0 Å². The minimum atomic E-state index is -2.57. The van der Waals surface area contributed by atoms with Crippen molar-refractivity contribution in [3.05, 3.63) is 0 Å². The van der Waals surface area contributed by atoms with Crippen molar-refractivity contribution in [3.63, 3.8) is 0 Å². The summed E-state index contributed by atoms with van der Waals surface area (Å²) in [6.07, 6.45) is 0.272. The van der Waals surface area contributed by atoms with Crippen LogP contribution >= 0.6 is 0 Å². The summed E-state index contributed by atoms with van der Waals surface area (Å²) in [5, 5.41) is 0. The summed E-state index contributed by atoms with van der Waals surface area (Å²) in [5.74, 6) is -2.57. The summed E-state index contributed by atoms with van der Waals surface area (Å²) >= 11 is 0. The molecule has 0 aromatic heterocycles. The van der Waals surface area contributed by atoms with Gasteiger partial charge in [-0.1, -0.05) is 6.92 Å². The summed E-state index contributed by atoms with van der Waals surface area (Å²) in [6.45, 7) is 3.10. The number of amides is 1. The van der Waals surface area contributed by atoms with E-state index in [1.807, 2.05) is 6.92 Å². The minimum absolute atomic E-state index is 0.0131. The van der Waals surface area contributed by atoms with Gasteiger partial charge < -0.3 is 10.6 Å². The smallest absolute Gasteiger partial charge is 0.248 e. The molecule has 1 aliphatic carbocycles. The molecule has 0 bridgehead atoms. The molecule has 0 spiro atoms. The van der Waals surface area contributed by atoms with E-state index in [4.69, 9.17) is 5.73 Å². The van der Waals surface area contributed by atoms with Crippen molar-refractivity contribution in [2.75, 3.05) is 20.1 Å². The molecule has 100 valence electrons. The van der Waals surface area contributed by atoms with Crippen LogP contribution in [0.5, 0.6) is 0 Å². The first-order chi connectivity index (χ1) is 7.85. The minimum Gasteiger partial charge on any atom is -0.345 e. The topological polar surface area (TPSA) is 46.3 Å². The Kier molecular flexibility index (Phi) is 4.86. The van der Waals surface area contributed by atoms with Gasteiger partial charge in [0.1, 0.15) is 0 Å². The lowest BCUT2D eigenvalue weighted by atomic mass is 9.86. The van der Waals surface area contributed by atoms with Crippen LogP contribution in [0.1, 0.15) is 32.6 Å². The maximum Gasteiger partial charge on any atom is 0.248 e. The first-order valence-corrected chi connectivity index (χ1v) is 6.18. The number of nitrogens with zero attached hydrogens (tertiary/aromatic N) is 1. The number of halogens is 2. The Morgan fingerprint density at radius 3 is 2.47 bits per heavy atom. The molecular formula is C12H22F2N2O. The lowest BCUT2D eigenvalue weighted by Gasteiger charge is -2.31. The molecule has 1 atom stereocenters. The molecule has 0 aromatic rings. The molecule has 0 saturated heterocycles. The Labute approximate surface area is 101 Å². The molecular weight excluding hydrogens is 226 g/mol. The lowest BCUT2D eigenvalue weighted by molar-refractivity contribution is -0.138. The lowest BCUT2D eigenvalue weighted by Crippen LogP contribution is -2.40. The highest BCUT2D eigenvalue weighted by atomic mass is 19.3. The highest BCUT2D eigenvalue weighted by Crippen LogP contribution is 2.36. The van der Waals surface area contributed by atoms with Crippen molar-refractivity contribution < 1.29 is 13.6 Å². The Hall–Kier alpha value is -0.710. The fourth-order valence-corrected chi connectivity index (χ4v) is 2.23. The Bertz CT molecular complexity index is 261. The molecule has 17 heavy (non-hydrogen) atoms. The Morgan fingerprint density at radius 1 is 1.47 bits per heavy atom. The fourth-order valence-electron chi connectivity index (χ4n) is 2.23. The molecule has 1 rings (SSSR count). The van der Waals surface area contributed by atoms with Crippen molar-refractivity contribution in [2.45, 2.75) is 38.5 Å². The zero-order chi connectivity index (χ0) is 13.1. The van der Waals surface area contributed by atoms with Gasteiger partial charge in [-0.2, -0.15) is 0 Å². The van der Waals surface area contributed by atoms with E-state index in [2.05, 4.69) is 0 Å². The molecule has 0 aliphatic heterocycles. The van der Waals surface area contributed by atoms with E-state index < -0.39 is 5.92 Å². The summed E-state index contributed by atoms with van der Waals surface area (Å²) in [6, 6.07) is 0. The number of rotatable bonds is 4. The molecule has 1 unspecified atom stereocenters. The first-order valence-electron chi connectivity index (χ1n) is 6.18. The van der Waals surface area contributed by atoms with E-state index in [0.29, 0.717) is 25.9 Å². The normalized spacial score (nSPS) is 22.2. The van der Waals surface area contributed by atoms with Gasteiger partial charge in [-0.25, -0.2) is 8.78 Å². The summed E-state index contributed by atoms with van der Waals surface area (Å²) in [5.41, 5.74) is 5.50. The van der Waals surface area contributed by atoms with Crippen LogP contribution in [0.25, 0.3) is 0 Å². The number of carbonyl (C=O) groups excluding carboxylic acids is 1. The molecule has 1 amide bonds. The fraction of sp³-hybridized carbons (Fsp3) is 0.917. The van der Waals surface area contributed by atoms with Crippen molar-refractivity contribution >= 4 is 5.91 Å². The van der Waals surface area contributed by atoms with Crippen LogP contribution < -0.4 is 5.73 Å². The van der Waals surface area contributed by atoms with Crippen molar-refractivity contribution in [1.82, 2.24) is 4.90 Å². The third kappa shape index (κ3) is 4.22. The third-order valence-electron chi connectivity index (χ3n) is 3.43. The summed E-state index contributed by atoms with van der Waals surface area (Å²) in [7, 11) is 1.72.